The van der Waals surface area contributed by atoms with Crippen LogP contribution in [-0.4, -0.2) is 61.8 Å². The Labute approximate surface area is 206 Å². The first-order chi connectivity index (χ1) is 16.9. The van der Waals surface area contributed by atoms with Gasteiger partial charge in [0.25, 0.3) is 0 Å². The van der Waals surface area contributed by atoms with Crippen molar-refractivity contribution in [3.05, 3.63) is 54.1 Å². The molecule has 0 bridgehead atoms. The lowest BCUT2D eigenvalue weighted by Gasteiger charge is -2.33. The lowest BCUT2D eigenvalue weighted by atomic mass is 10.1. The summed E-state index contributed by atoms with van der Waals surface area (Å²) in [5.74, 6) is 1.30. The highest BCUT2D eigenvalue weighted by Gasteiger charge is 2.28. The number of sulfonamides is 1. The van der Waals surface area contributed by atoms with Crippen LogP contribution < -0.4 is 9.80 Å². The maximum Gasteiger partial charge on any atom is 0.243 e. The minimum Gasteiger partial charge on any atom is -0.355 e. The smallest absolute Gasteiger partial charge is 0.243 e. The molecule has 1 fully saturated rings. The molecule has 0 unspecified atom stereocenters. The van der Waals surface area contributed by atoms with E-state index in [1.807, 2.05) is 48.3 Å². The molecule has 0 atom stereocenters. The normalized spacial score (nSPS) is 17.3. The number of benzene rings is 2. The topological polar surface area (TPSA) is 86.7 Å². The van der Waals surface area contributed by atoms with E-state index in [9.17, 15) is 13.2 Å². The van der Waals surface area contributed by atoms with E-state index < -0.39 is 10.0 Å². The fraction of sp³-hybridized carbons (Fsp3) is 0.423. The number of hydrogen-bond donors (Lipinski definition) is 0. The number of carbonyl (C=O) groups excluding carboxylic acids is 1. The zero-order valence-electron chi connectivity index (χ0n) is 20.1. The molecule has 0 N–H and O–H groups in total. The third-order valence-electron chi connectivity index (χ3n) is 6.87. The van der Waals surface area contributed by atoms with Crippen LogP contribution in [0.15, 0.2) is 53.4 Å². The largest absolute Gasteiger partial charge is 0.355 e. The Morgan fingerprint density at radius 2 is 1.46 bits per heavy atom. The summed E-state index contributed by atoms with van der Waals surface area (Å²) in [5, 5.41) is 0. The van der Waals surface area contributed by atoms with Gasteiger partial charge in [0.2, 0.25) is 15.9 Å². The molecule has 2 aliphatic heterocycles. The Balaban J connectivity index is 1.28. The summed E-state index contributed by atoms with van der Waals surface area (Å²) >= 11 is 0. The number of amides is 1. The van der Waals surface area contributed by atoms with Crippen LogP contribution in [0, 0.1) is 0 Å². The lowest BCUT2D eigenvalue weighted by Crippen LogP contribution is -2.43. The van der Waals surface area contributed by atoms with Gasteiger partial charge >= 0.3 is 0 Å². The van der Waals surface area contributed by atoms with Gasteiger partial charge in [0.05, 0.1) is 15.9 Å². The predicted octanol–water partition coefficient (Wildman–Crippen LogP) is 3.61. The molecule has 1 amide bonds. The van der Waals surface area contributed by atoms with Crippen LogP contribution >= 0.6 is 0 Å². The van der Waals surface area contributed by atoms with Gasteiger partial charge in [-0.05, 0) is 49.1 Å². The highest BCUT2D eigenvalue weighted by Crippen LogP contribution is 2.31. The fourth-order valence-electron chi connectivity index (χ4n) is 4.77. The molecule has 5 rings (SSSR count). The maximum absolute atomic E-state index is 13.2. The molecule has 8 nitrogen and oxygen atoms in total. The van der Waals surface area contributed by atoms with Crippen molar-refractivity contribution in [1.29, 1.82) is 0 Å². The van der Waals surface area contributed by atoms with Crippen molar-refractivity contribution in [2.75, 3.05) is 43.0 Å². The second-order valence-corrected chi connectivity index (χ2v) is 11.2. The van der Waals surface area contributed by atoms with E-state index in [1.165, 1.54) is 0 Å². The van der Waals surface area contributed by atoms with Gasteiger partial charge in [-0.2, -0.15) is 4.31 Å². The van der Waals surface area contributed by atoms with Crippen LogP contribution in [0.4, 0.5) is 11.6 Å². The molecule has 1 aromatic heterocycles. The highest BCUT2D eigenvalue weighted by molar-refractivity contribution is 7.89. The van der Waals surface area contributed by atoms with Crippen LogP contribution in [-0.2, 0) is 21.2 Å². The average Bonchev–Trinajstić information content (AvgIpc) is 3.17. The monoisotopic (exact) mass is 493 g/mol. The average molecular weight is 494 g/mol. The molecule has 2 aliphatic rings. The highest BCUT2D eigenvalue weighted by atomic mass is 32.2. The van der Waals surface area contributed by atoms with E-state index in [0.717, 1.165) is 42.3 Å². The van der Waals surface area contributed by atoms with Gasteiger partial charge in [0.1, 0.15) is 0 Å². The number of carbonyl (C=O) groups is 1. The molecular weight excluding hydrogens is 462 g/mol. The van der Waals surface area contributed by atoms with Crippen LogP contribution in [0.2, 0.25) is 0 Å². The van der Waals surface area contributed by atoms with E-state index in [4.69, 9.17) is 9.97 Å². The van der Waals surface area contributed by atoms with Gasteiger partial charge in [-0.1, -0.05) is 37.1 Å². The van der Waals surface area contributed by atoms with Gasteiger partial charge in [-0.15, -0.1) is 0 Å². The first-order valence-electron chi connectivity index (χ1n) is 12.3. The van der Waals surface area contributed by atoms with Crippen molar-refractivity contribution in [2.45, 2.75) is 43.4 Å². The summed E-state index contributed by atoms with van der Waals surface area (Å²) in [6.07, 6.45) is 4.84. The minimum atomic E-state index is -3.47. The van der Waals surface area contributed by atoms with Gasteiger partial charge in [-0.25, -0.2) is 18.4 Å². The third-order valence-corrected chi connectivity index (χ3v) is 8.78. The van der Waals surface area contributed by atoms with Gasteiger partial charge in [0, 0.05) is 39.6 Å². The summed E-state index contributed by atoms with van der Waals surface area (Å²) in [5.41, 5.74) is 2.51. The maximum atomic E-state index is 13.2. The number of rotatable bonds is 5. The molecular formula is C26H31N5O3S. The second-order valence-electron chi connectivity index (χ2n) is 9.29. The molecule has 0 aliphatic carbocycles. The summed E-state index contributed by atoms with van der Waals surface area (Å²) in [6.45, 7) is 2.42. The molecule has 2 aromatic carbocycles. The van der Waals surface area contributed by atoms with Gasteiger partial charge < -0.3 is 4.90 Å². The number of aromatic nitrogens is 2. The zero-order valence-corrected chi connectivity index (χ0v) is 20.9. The first-order valence-corrected chi connectivity index (χ1v) is 13.7. The van der Waals surface area contributed by atoms with Gasteiger partial charge in [-0.3, -0.25) is 9.69 Å². The van der Waals surface area contributed by atoms with E-state index >= 15 is 0 Å². The first kappa shape index (κ1) is 23.7. The SMILES string of the molecule is CN1CCN(C(=O)CCc2ccc(S(=O)(=O)N3CCCCCC3)cc2)c2nc3ccccc3nc21. The molecule has 1 saturated heterocycles. The van der Waals surface area contributed by atoms with Crippen molar-refractivity contribution in [3.8, 4) is 0 Å². The number of nitrogens with zero attached hydrogens (tertiary/aromatic N) is 5. The second kappa shape index (κ2) is 9.91. The van der Waals surface area contributed by atoms with E-state index in [2.05, 4.69) is 0 Å². The molecule has 184 valence electrons. The molecule has 9 heteroatoms. The Bertz CT molecular complexity index is 1320. The Kier molecular flexibility index (Phi) is 6.71. The van der Waals surface area contributed by atoms with Crippen molar-refractivity contribution in [2.24, 2.45) is 0 Å². The summed E-state index contributed by atoms with van der Waals surface area (Å²) in [4.78, 5) is 26.7. The standard InChI is InChI=1S/C26H31N5O3S/c1-29-18-19-31(26-25(29)27-22-8-4-5-9-23(22)28-26)24(32)15-12-20-10-13-21(14-11-20)35(33,34)30-16-6-2-3-7-17-30/h4-5,8-11,13-14H,2-3,6-7,12,15-19H2,1H3. The summed E-state index contributed by atoms with van der Waals surface area (Å²) in [7, 11) is -1.51. The van der Waals surface area contributed by atoms with Crippen molar-refractivity contribution in [3.63, 3.8) is 0 Å². The van der Waals surface area contributed by atoms with E-state index in [-0.39, 0.29) is 5.91 Å². The Morgan fingerprint density at radius 3 is 2.11 bits per heavy atom. The number of anilines is 2. The van der Waals surface area contributed by atoms with Crippen molar-refractivity contribution in [1.82, 2.24) is 14.3 Å². The van der Waals surface area contributed by atoms with E-state index in [1.54, 1.807) is 21.3 Å². The molecule has 0 spiro atoms. The molecule has 0 radical (unpaired) electrons. The summed E-state index contributed by atoms with van der Waals surface area (Å²) in [6, 6.07) is 14.7. The number of likely N-dealkylation sites (N-methyl/N-ethyl adjacent to an activating group) is 1. The fourth-order valence-corrected chi connectivity index (χ4v) is 6.29. The van der Waals surface area contributed by atoms with Crippen molar-refractivity contribution >= 4 is 38.6 Å². The van der Waals surface area contributed by atoms with Crippen LogP contribution in [0.5, 0.6) is 0 Å². The van der Waals surface area contributed by atoms with Crippen molar-refractivity contribution < 1.29 is 13.2 Å². The van der Waals surface area contributed by atoms with Gasteiger partial charge in [0.15, 0.2) is 11.6 Å². The van der Waals surface area contributed by atoms with Crippen LogP contribution in [0.25, 0.3) is 11.0 Å². The van der Waals surface area contributed by atoms with Crippen LogP contribution in [0.1, 0.15) is 37.7 Å². The molecule has 3 aromatic rings. The molecule has 0 saturated carbocycles. The van der Waals surface area contributed by atoms with Crippen LogP contribution in [0.3, 0.4) is 0 Å². The quantitative estimate of drug-likeness (QED) is 0.540. The summed E-state index contributed by atoms with van der Waals surface area (Å²) < 4.78 is 27.6. The molecule has 3 heterocycles. The zero-order chi connectivity index (χ0) is 24.4. The third kappa shape index (κ3) is 4.88. The number of fused-ring (bicyclic) bond motifs is 2. The predicted molar refractivity (Wildman–Crippen MR) is 137 cm³/mol. The lowest BCUT2D eigenvalue weighted by molar-refractivity contribution is -0.118. The van der Waals surface area contributed by atoms with E-state index in [0.29, 0.717) is 55.6 Å². The number of aryl methyl sites for hydroxylation is 1. The number of para-hydroxylation sites is 2. The molecule has 35 heavy (non-hydrogen) atoms. The Hall–Kier alpha value is -3.04. The minimum absolute atomic E-state index is 0.00908. The Morgan fingerprint density at radius 1 is 0.829 bits per heavy atom. The number of hydrogen-bond acceptors (Lipinski definition) is 6.